The van der Waals surface area contributed by atoms with Crippen LogP contribution in [0.1, 0.15) is 28.2 Å². The van der Waals surface area contributed by atoms with Gasteiger partial charge in [0.2, 0.25) is 0 Å². The van der Waals surface area contributed by atoms with Crippen molar-refractivity contribution in [3.05, 3.63) is 45.6 Å². The van der Waals surface area contributed by atoms with Gasteiger partial charge in [0.05, 0.1) is 7.11 Å². The molecule has 1 fully saturated rings. The van der Waals surface area contributed by atoms with Crippen molar-refractivity contribution >= 4 is 11.3 Å². The molecule has 2 aromatic rings. The topological polar surface area (TPSA) is 30.5 Å². The van der Waals surface area contributed by atoms with Gasteiger partial charge in [0.25, 0.3) is 0 Å². The Kier molecular flexibility index (Phi) is 4.46. The summed E-state index contributed by atoms with van der Waals surface area (Å²) in [6, 6.07) is 10.8. The molecule has 1 aliphatic rings. The maximum atomic E-state index is 5.91. The highest BCUT2D eigenvalue weighted by molar-refractivity contribution is 7.12. The number of thiophene rings is 1. The molecule has 3 rings (SSSR count). The summed E-state index contributed by atoms with van der Waals surface area (Å²) in [5, 5.41) is 3.56. The van der Waals surface area contributed by atoms with Crippen LogP contribution in [0.25, 0.3) is 0 Å². The molecule has 0 spiro atoms. The highest BCUT2D eigenvalue weighted by atomic mass is 32.1. The fourth-order valence-corrected chi connectivity index (χ4v) is 3.24. The van der Waals surface area contributed by atoms with E-state index in [0.29, 0.717) is 6.61 Å². The number of nitrogens with one attached hydrogen (secondary N) is 1. The number of benzene rings is 1. The molecule has 1 aromatic carbocycles. The Bertz CT molecular complexity index is 605. The smallest absolute Gasteiger partial charge is 0.161 e. The Labute approximate surface area is 129 Å². The molecule has 4 heteroatoms. The monoisotopic (exact) mass is 303 g/mol. The second-order valence-corrected chi connectivity index (χ2v) is 6.73. The molecular weight excluding hydrogens is 282 g/mol. The largest absolute Gasteiger partial charge is 0.493 e. The average Bonchev–Trinajstić information content (AvgIpc) is 3.27. The summed E-state index contributed by atoms with van der Waals surface area (Å²) in [6.07, 6.45) is 2.66. The standard InChI is InChI=1S/C17H21NO2S/c1-12-13(9-15(21-12)10-18-14-7-8-14)11-20-17-6-4-3-5-16(17)19-2/h3-6,9,14,18H,7-8,10-11H2,1-2H3. The zero-order valence-electron chi connectivity index (χ0n) is 12.5. The number of hydrogen-bond donors (Lipinski definition) is 1. The second kappa shape index (κ2) is 6.50. The molecule has 0 aliphatic heterocycles. The van der Waals surface area contributed by atoms with Crippen molar-refractivity contribution in [2.24, 2.45) is 0 Å². The van der Waals surface area contributed by atoms with Gasteiger partial charge >= 0.3 is 0 Å². The zero-order valence-corrected chi connectivity index (χ0v) is 13.3. The van der Waals surface area contributed by atoms with Gasteiger partial charge in [-0.1, -0.05) is 12.1 Å². The molecule has 21 heavy (non-hydrogen) atoms. The predicted molar refractivity (Wildman–Crippen MR) is 86.2 cm³/mol. The van der Waals surface area contributed by atoms with Crippen LogP contribution in [0.3, 0.4) is 0 Å². The van der Waals surface area contributed by atoms with Gasteiger partial charge in [-0.05, 0) is 38.0 Å². The summed E-state index contributed by atoms with van der Waals surface area (Å²) in [4.78, 5) is 2.72. The molecule has 1 aliphatic carbocycles. The molecule has 0 atom stereocenters. The lowest BCUT2D eigenvalue weighted by Gasteiger charge is -2.09. The molecule has 0 radical (unpaired) electrons. The van der Waals surface area contributed by atoms with Crippen molar-refractivity contribution in [3.63, 3.8) is 0 Å². The molecule has 0 bridgehead atoms. The Morgan fingerprint density at radius 3 is 2.71 bits per heavy atom. The van der Waals surface area contributed by atoms with E-state index in [1.807, 2.05) is 35.6 Å². The fourth-order valence-electron chi connectivity index (χ4n) is 2.24. The number of hydrogen-bond acceptors (Lipinski definition) is 4. The van der Waals surface area contributed by atoms with E-state index in [4.69, 9.17) is 9.47 Å². The van der Waals surface area contributed by atoms with Crippen molar-refractivity contribution in [1.82, 2.24) is 5.32 Å². The van der Waals surface area contributed by atoms with Crippen LogP contribution in [0.15, 0.2) is 30.3 Å². The van der Waals surface area contributed by atoms with Crippen LogP contribution >= 0.6 is 11.3 Å². The Morgan fingerprint density at radius 2 is 2.00 bits per heavy atom. The van der Waals surface area contributed by atoms with Crippen molar-refractivity contribution < 1.29 is 9.47 Å². The molecule has 1 heterocycles. The molecule has 0 unspecified atom stereocenters. The fraction of sp³-hybridized carbons (Fsp3) is 0.412. The first-order valence-electron chi connectivity index (χ1n) is 7.33. The highest BCUT2D eigenvalue weighted by Gasteiger charge is 2.20. The number of aryl methyl sites for hydroxylation is 1. The van der Waals surface area contributed by atoms with Gasteiger partial charge in [-0.2, -0.15) is 0 Å². The molecular formula is C17H21NO2S. The van der Waals surface area contributed by atoms with Crippen LogP contribution in [-0.4, -0.2) is 13.2 Å². The van der Waals surface area contributed by atoms with Gasteiger partial charge in [-0.25, -0.2) is 0 Å². The Balaban J connectivity index is 1.61. The van der Waals surface area contributed by atoms with E-state index >= 15 is 0 Å². The van der Waals surface area contributed by atoms with E-state index in [1.165, 1.54) is 28.2 Å². The average molecular weight is 303 g/mol. The third-order valence-electron chi connectivity index (χ3n) is 3.67. The van der Waals surface area contributed by atoms with Crippen molar-refractivity contribution in [1.29, 1.82) is 0 Å². The third kappa shape index (κ3) is 3.77. The molecule has 112 valence electrons. The predicted octanol–water partition coefficient (Wildman–Crippen LogP) is 3.90. The molecule has 0 saturated heterocycles. The van der Waals surface area contributed by atoms with Gasteiger partial charge in [-0.15, -0.1) is 11.3 Å². The van der Waals surface area contributed by atoms with E-state index in [1.54, 1.807) is 7.11 Å². The summed E-state index contributed by atoms with van der Waals surface area (Å²) in [5.41, 5.74) is 1.26. The quantitative estimate of drug-likeness (QED) is 0.841. The van der Waals surface area contributed by atoms with Crippen LogP contribution in [-0.2, 0) is 13.2 Å². The lowest BCUT2D eigenvalue weighted by atomic mass is 10.2. The molecule has 3 nitrogen and oxygen atoms in total. The summed E-state index contributed by atoms with van der Waals surface area (Å²) in [6.45, 7) is 3.73. The van der Waals surface area contributed by atoms with E-state index in [9.17, 15) is 0 Å². The zero-order chi connectivity index (χ0) is 14.7. The first-order valence-corrected chi connectivity index (χ1v) is 8.15. The van der Waals surface area contributed by atoms with Crippen molar-refractivity contribution in [2.75, 3.05) is 7.11 Å². The normalized spacial score (nSPS) is 14.2. The number of ether oxygens (including phenoxy) is 2. The van der Waals surface area contributed by atoms with Crippen molar-refractivity contribution in [2.45, 2.75) is 39.0 Å². The van der Waals surface area contributed by atoms with Crippen LogP contribution in [0.5, 0.6) is 11.5 Å². The van der Waals surface area contributed by atoms with Crippen molar-refractivity contribution in [3.8, 4) is 11.5 Å². The van der Waals surface area contributed by atoms with E-state index in [-0.39, 0.29) is 0 Å². The third-order valence-corrected chi connectivity index (χ3v) is 4.76. The Morgan fingerprint density at radius 1 is 1.24 bits per heavy atom. The molecule has 1 aromatic heterocycles. The summed E-state index contributed by atoms with van der Waals surface area (Å²) in [5.74, 6) is 1.57. The number of methoxy groups -OCH3 is 1. The van der Waals surface area contributed by atoms with Crippen LogP contribution < -0.4 is 14.8 Å². The highest BCUT2D eigenvalue weighted by Crippen LogP contribution is 2.29. The number of para-hydroxylation sites is 2. The first-order chi connectivity index (χ1) is 10.3. The summed E-state index contributed by atoms with van der Waals surface area (Å²) >= 11 is 1.86. The first kappa shape index (κ1) is 14.4. The van der Waals surface area contributed by atoms with Crippen LogP contribution in [0.4, 0.5) is 0 Å². The summed E-state index contributed by atoms with van der Waals surface area (Å²) < 4.78 is 11.2. The molecule has 1 saturated carbocycles. The Hall–Kier alpha value is -1.52. The second-order valence-electron chi connectivity index (χ2n) is 5.39. The lowest BCUT2D eigenvalue weighted by Crippen LogP contribution is -2.14. The van der Waals surface area contributed by atoms with E-state index < -0.39 is 0 Å². The van der Waals surface area contributed by atoms with E-state index in [0.717, 1.165) is 24.1 Å². The van der Waals surface area contributed by atoms with Crippen LogP contribution in [0.2, 0.25) is 0 Å². The van der Waals surface area contributed by atoms with Gasteiger partial charge in [0.1, 0.15) is 6.61 Å². The minimum absolute atomic E-state index is 0.589. The maximum Gasteiger partial charge on any atom is 0.161 e. The number of rotatable bonds is 7. The van der Waals surface area contributed by atoms with Gasteiger partial charge in [0, 0.05) is 27.9 Å². The van der Waals surface area contributed by atoms with Gasteiger partial charge in [-0.3, -0.25) is 0 Å². The van der Waals surface area contributed by atoms with Gasteiger partial charge < -0.3 is 14.8 Å². The minimum Gasteiger partial charge on any atom is -0.493 e. The van der Waals surface area contributed by atoms with E-state index in [2.05, 4.69) is 18.3 Å². The SMILES string of the molecule is COc1ccccc1OCc1cc(CNC2CC2)sc1C. The molecule has 1 N–H and O–H groups in total. The lowest BCUT2D eigenvalue weighted by molar-refractivity contribution is 0.284. The summed E-state index contributed by atoms with van der Waals surface area (Å²) in [7, 11) is 1.67. The van der Waals surface area contributed by atoms with Crippen LogP contribution in [0, 0.1) is 6.92 Å². The minimum atomic E-state index is 0.589. The molecule has 0 amide bonds. The maximum absolute atomic E-state index is 5.91. The van der Waals surface area contributed by atoms with Gasteiger partial charge in [0.15, 0.2) is 11.5 Å².